The molecule has 0 fully saturated rings. The molecule has 1 atom stereocenters. The van der Waals surface area contributed by atoms with Crippen LogP contribution in [0.15, 0.2) is 65.7 Å². The first-order valence-electron chi connectivity index (χ1n) is 10.3. The Balaban J connectivity index is 1.42. The Morgan fingerprint density at radius 3 is 2.60 bits per heavy atom. The molecule has 2 heterocycles. The number of benzene rings is 2. The van der Waals surface area contributed by atoms with Gasteiger partial charge >= 0.3 is 0 Å². The van der Waals surface area contributed by atoms with Crippen LogP contribution in [0.4, 0.5) is 0 Å². The molecule has 0 saturated carbocycles. The quantitative estimate of drug-likeness (QED) is 0.435. The molecule has 0 amide bonds. The Hall–Kier alpha value is -3.05. The van der Waals surface area contributed by atoms with Gasteiger partial charge in [0.15, 0.2) is 5.78 Å². The molecule has 2 aromatic heterocycles. The van der Waals surface area contributed by atoms with Crippen LogP contribution in [0.3, 0.4) is 0 Å². The first-order chi connectivity index (χ1) is 14.6. The van der Waals surface area contributed by atoms with E-state index >= 15 is 0 Å². The summed E-state index contributed by atoms with van der Waals surface area (Å²) in [5.74, 6) is 0.559. The standard InChI is InChI=1S/C25H22N2O2S/c1-16-7-12-20-22(13-16)30-24-23(20)25(29)27(15-26-24)14-21(28)19-10-8-18(9-11-19)17-5-3-2-4-6-17/h2-6,8-11,15-16H,7,12-14H2,1H3. The molecule has 0 spiro atoms. The minimum atomic E-state index is -0.0960. The average Bonchev–Trinajstić information content (AvgIpc) is 3.14. The first-order valence-corrected chi connectivity index (χ1v) is 11.1. The molecule has 4 aromatic rings. The van der Waals surface area contributed by atoms with Crippen LogP contribution in [0.25, 0.3) is 21.3 Å². The molecule has 0 bridgehead atoms. The van der Waals surface area contributed by atoms with Gasteiger partial charge in [0.05, 0.1) is 18.3 Å². The minimum Gasteiger partial charge on any atom is -0.292 e. The summed E-state index contributed by atoms with van der Waals surface area (Å²) in [5, 5.41) is 0.719. The van der Waals surface area contributed by atoms with Crippen LogP contribution in [-0.4, -0.2) is 15.3 Å². The molecule has 0 saturated heterocycles. The number of Topliss-reactive ketones (excluding diaryl/α,β-unsaturated/α-hetero) is 1. The van der Waals surface area contributed by atoms with E-state index in [1.807, 2.05) is 54.6 Å². The van der Waals surface area contributed by atoms with Crippen molar-refractivity contribution < 1.29 is 4.79 Å². The van der Waals surface area contributed by atoms with Crippen molar-refractivity contribution in [2.45, 2.75) is 32.7 Å². The lowest BCUT2D eigenvalue weighted by molar-refractivity contribution is 0.0970. The lowest BCUT2D eigenvalue weighted by atomic mass is 9.89. The van der Waals surface area contributed by atoms with Gasteiger partial charge < -0.3 is 0 Å². The molecular formula is C25H22N2O2S. The van der Waals surface area contributed by atoms with Gasteiger partial charge in [-0.3, -0.25) is 14.2 Å². The molecule has 1 unspecified atom stereocenters. The van der Waals surface area contributed by atoms with E-state index in [2.05, 4.69) is 11.9 Å². The van der Waals surface area contributed by atoms with E-state index in [4.69, 9.17) is 0 Å². The maximum atomic E-state index is 13.1. The van der Waals surface area contributed by atoms with Gasteiger partial charge in [0, 0.05) is 10.4 Å². The van der Waals surface area contributed by atoms with E-state index < -0.39 is 0 Å². The molecule has 4 nitrogen and oxygen atoms in total. The number of hydrogen-bond acceptors (Lipinski definition) is 4. The number of carbonyl (C=O) groups excluding carboxylic acids is 1. The smallest absolute Gasteiger partial charge is 0.262 e. The fourth-order valence-electron chi connectivity index (χ4n) is 4.20. The first kappa shape index (κ1) is 18.9. The number of aromatic nitrogens is 2. The van der Waals surface area contributed by atoms with Crippen molar-refractivity contribution in [3.05, 3.63) is 87.3 Å². The Bertz CT molecular complexity index is 1290. The van der Waals surface area contributed by atoms with Crippen molar-refractivity contribution in [3.63, 3.8) is 0 Å². The SMILES string of the molecule is CC1CCc2c(sc3ncn(CC(=O)c4ccc(-c5ccccc5)cc4)c(=O)c23)C1. The van der Waals surface area contributed by atoms with Crippen LogP contribution < -0.4 is 5.56 Å². The highest BCUT2D eigenvalue weighted by Gasteiger charge is 2.23. The predicted molar refractivity (Wildman–Crippen MR) is 121 cm³/mol. The van der Waals surface area contributed by atoms with E-state index in [0.29, 0.717) is 11.5 Å². The van der Waals surface area contributed by atoms with Crippen molar-refractivity contribution in [1.29, 1.82) is 0 Å². The maximum absolute atomic E-state index is 13.1. The minimum absolute atomic E-state index is 0.00742. The van der Waals surface area contributed by atoms with E-state index in [1.165, 1.54) is 15.8 Å². The van der Waals surface area contributed by atoms with Gasteiger partial charge in [0.2, 0.25) is 0 Å². The van der Waals surface area contributed by atoms with Gasteiger partial charge in [-0.05, 0) is 41.9 Å². The summed E-state index contributed by atoms with van der Waals surface area (Å²) in [6, 6.07) is 17.6. The van der Waals surface area contributed by atoms with Crippen molar-refractivity contribution in [2.75, 3.05) is 0 Å². The number of ketones is 1. The zero-order valence-electron chi connectivity index (χ0n) is 16.8. The highest BCUT2D eigenvalue weighted by atomic mass is 32.1. The molecule has 0 radical (unpaired) electrons. The Kier molecular flexibility index (Phi) is 4.83. The molecule has 2 aromatic carbocycles. The Labute approximate surface area is 178 Å². The normalized spacial score (nSPS) is 15.8. The molecule has 30 heavy (non-hydrogen) atoms. The lowest BCUT2D eigenvalue weighted by Crippen LogP contribution is -2.25. The number of hydrogen-bond donors (Lipinski definition) is 0. The van der Waals surface area contributed by atoms with Gasteiger partial charge in [0.25, 0.3) is 5.56 Å². The maximum Gasteiger partial charge on any atom is 0.262 e. The van der Waals surface area contributed by atoms with Gasteiger partial charge in [-0.2, -0.15) is 0 Å². The lowest BCUT2D eigenvalue weighted by Gasteiger charge is -2.17. The third kappa shape index (κ3) is 3.39. The van der Waals surface area contributed by atoms with Crippen molar-refractivity contribution in [1.82, 2.24) is 9.55 Å². The summed E-state index contributed by atoms with van der Waals surface area (Å²) in [7, 11) is 0. The summed E-state index contributed by atoms with van der Waals surface area (Å²) in [5.41, 5.74) is 3.83. The van der Waals surface area contributed by atoms with Gasteiger partial charge in [-0.25, -0.2) is 4.98 Å². The number of nitrogens with zero attached hydrogens (tertiary/aromatic N) is 2. The molecule has 1 aliphatic rings. The third-order valence-electron chi connectivity index (χ3n) is 5.91. The summed E-state index contributed by atoms with van der Waals surface area (Å²) >= 11 is 1.63. The average molecular weight is 415 g/mol. The van der Waals surface area contributed by atoms with Gasteiger partial charge in [-0.1, -0.05) is 61.5 Å². The second-order valence-corrected chi connectivity index (χ2v) is 9.16. The summed E-state index contributed by atoms with van der Waals surface area (Å²) in [4.78, 5) is 32.6. The Morgan fingerprint density at radius 2 is 1.83 bits per heavy atom. The van der Waals surface area contributed by atoms with Crippen LogP contribution in [0, 0.1) is 5.92 Å². The molecule has 5 rings (SSSR count). The largest absolute Gasteiger partial charge is 0.292 e. The zero-order chi connectivity index (χ0) is 20.7. The fraction of sp³-hybridized carbons (Fsp3) is 0.240. The van der Waals surface area contributed by atoms with Gasteiger partial charge in [0.1, 0.15) is 4.83 Å². The number of carbonyl (C=O) groups is 1. The van der Waals surface area contributed by atoms with Crippen LogP contribution in [0.5, 0.6) is 0 Å². The van der Waals surface area contributed by atoms with Crippen molar-refractivity contribution in [3.8, 4) is 11.1 Å². The topological polar surface area (TPSA) is 52.0 Å². The molecule has 0 aliphatic heterocycles. The summed E-state index contributed by atoms with van der Waals surface area (Å²) < 4.78 is 1.46. The molecule has 5 heteroatoms. The second kappa shape index (κ2) is 7.65. The number of rotatable bonds is 4. The summed E-state index contributed by atoms with van der Waals surface area (Å²) in [6.45, 7) is 2.26. The van der Waals surface area contributed by atoms with Crippen LogP contribution in [0.2, 0.25) is 0 Å². The molecular weight excluding hydrogens is 392 g/mol. The fourth-order valence-corrected chi connectivity index (χ4v) is 5.54. The highest BCUT2D eigenvalue weighted by Crippen LogP contribution is 2.35. The number of aryl methyl sites for hydroxylation is 1. The van der Waals surface area contributed by atoms with E-state index in [-0.39, 0.29) is 17.9 Å². The highest BCUT2D eigenvalue weighted by molar-refractivity contribution is 7.18. The Morgan fingerprint density at radius 1 is 1.10 bits per heavy atom. The number of fused-ring (bicyclic) bond motifs is 3. The van der Waals surface area contributed by atoms with Gasteiger partial charge in [-0.15, -0.1) is 11.3 Å². The van der Waals surface area contributed by atoms with Crippen molar-refractivity contribution >= 4 is 27.3 Å². The van der Waals surface area contributed by atoms with Crippen LogP contribution in [-0.2, 0) is 19.4 Å². The third-order valence-corrected chi connectivity index (χ3v) is 7.07. The van der Waals surface area contributed by atoms with E-state index in [9.17, 15) is 9.59 Å². The molecule has 0 N–H and O–H groups in total. The van der Waals surface area contributed by atoms with Crippen LogP contribution >= 0.6 is 11.3 Å². The summed E-state index contributed by atoms with van der Waals surface area (Å²) in [6.07, 6.45) is 4.56. The predicted octanol–water partition coefficient (Wildman–Crippen LogP) is 5.13. The zero-order valence-corrected chi connectivity index (χ0v) is 17.6. The second-order valence-electron chi connectivity index (χ2n) is 8.08. The van der Waals surface area contributed by atoms with E-state index in [1.54, 1.807) is 11.3 Å². The van der Waals surface area contributed by atoms with Crippen molar-refractivity contribution in [2.24, 2.45) is 5.92 Å². The van der Waals surface area contributed by atoms with Crippen LogP contribution in [0.1, 0.15) is 34.1 Å². The number of thiophene rings is 1. The van der Waals surface area contributed by atoms with E-state index in [0.717, 1.165) is 46.2 Å². The molecule has 150 valence electrons. The monoisotopic (exact) mass is 414 g/mol. The molecule has 1 aliphatic carbocycles.